The van der Waals surface area contributed by atoms with Crippen LogP contribution in [0.25, 0.3) is 11.3 Å². The van der Waals surface area contributed by atoms with Crippen molar-refractivity contribution in [1.82, 2.24) is 10.2 Å². The molecule has 3 N–H and O–H groups in total. The number of aromatic nitrogens is 2. The summed E-state index contributed by atoms with van der Waals surface area (Å²) in [6.07, 6.45) is 0. The first-order valence-corrected chi connectivity index (χ1v) is 4.51. The highest BCUT2D eigenvalue weighted by atomic mass is 19.3. The maximum atomic E-state index is 11.9. The average molecular weight is 225 g/mol. The molecule has 0 bridgehead atoms. The third kappa shape index (κ3) is 2.28. The van der Waals surface area contributed by atoms with Crippen molar-refractivity contribution in [3.63, 3.8) is 0 Å². The van der Waals surface area contributed by atoms with Gasteiger partial charge in [-0.3, -0.25) is 5.10 Å². The molecule has 0 saturated heterocycles. The van der Waals surface area contributed by atoms with Gasteiger partial charge in [0.15, 0.2) is 0 Å². The van der Waals surface area contributed by atoms with E-state index in [1.165, 1.54) is 12.1 Å². The second-order valence-corrected chi connectivity index (χ2v) is 3.11. The molecule has 0 fully saturated rings. The van der Waals surface area contributed by atoms with Crippen LogP contribution in [0, 0.1) is 0 Å². The number of nitrogens with zero attached hydrogens (tertiary/aromatic N) is 1. The molecule has 0 atom stereocenters. The molecule has 0 aliphatic heterocycles. The number of nitrogens with one attached hydrogen (secondary N) is 1. The van der Waals surface area contributed by atoms with Crippen LogP contribution in [0.2, 0.25) is 0 Å². The normalized spacial score (nSPS) is 10.7. The van der Waals surface area contributed by atoms with Crippen LogP contribution in [0.15, 0.2) is 30.3 Å². The van der Waals surface area contributed by atoms with E-state index in [1.807, 2.05) is 0 Å². The molecule has 0 radical (unpaired) electrons. The zero-order chi connectivity index (χ0) is 11.5. The molecule has 0 unspecified atom stereocenters. The number of H-pyrrole nitrogens is 1. The van der Waals surface area contributed by atoms with E-state index in [1.54, 1.807) is 18.2 Å². The molecule has 2 rings (SSSR count). The van der Waals surface area contributed by atoms with Crippen molar-refractivity contribution in [1.29, 1.82) is 0 Å². The number of rotatable bonds is 3. The second-order valence-electron chi connectivity index (χ2n) is 3.11. The van der Waals surface area contributed by atoms with Gasteiger partial charge < -0.3 is 10.5 Å². The maximum Gasteiger partial charge on any atom is 0.387 e. The smallest absolute Gasteiger partial charge is 0.387 e. The lowest BCUT2D eigenvalue weighted by Crippen LogP contribution is -2.01. The lowest BCUT2D eigenvalue weighted by Gasteiger charge is -2.04. The van der Waals surface area contributed by atoms with E-state index < -0.39 is 6.61 Å². The fourth-order valence-corrected chi connectivity index (χ4v) is 1.29. The molecular weight excluding hydrogens is 216 g/mol. The minimum Gasteiger partial charge on any atom is -0.435 e. The summed E-state index contributed by atoms with van der Waals surface area (Å²) >= 11 is 0. The van der Waals surface area contributed by atoms with Gasteiger partial charge in [0.25, 0.3) is 0 Å². The fourth-order valence-electron chi connectivity index (χ4n) is 1.29. The molecule has 2 aromatic rings. The number of nitrogen functional groups attached to an aromatic ring is 1. The zero-order valence-corrected chi connectivity index (χ0v) is 8.15. The molecule has 0 spiro atoms. The molecule has 16 heavy (non-hydrogen) atoms. The van der Waals surface area contributed by atoms with Gasteiger partial charge in [-0.15, -0.1) is 0 Å². The Labute approximate surface area is 90.0 Å². The van der Waals surface area contributed by atoms with Crippen molar-refractivity contribution in [3.05, 3.63) is 30.3 Å². The number of anilines is 1. The molecule has 4 nitrogen and oxygen atoms in total. The summed E-state index contributed by atoms with van der Waals surface area (Å²) in [4.78, 5) is 0. The van der Waals surface area contributed by atoms with Crippen molar-refractivity contribution >= 4 is 5.82 Å². The predicted molar refractivity (Wildman–Crippen MR) is 55.1 cm³/mol. The van der Waals surface area contributed by atoms with Gasteiger partial charge in [-0.2, -0.15) is 13.9 Å². The van der Waals surface area contributed by atoms with Gasteiger partial charge in [0, 0.05) is 11.6 Å². The quantitative estimate of drug-likeness (QED) is 0.842. The first-order valence-electron chi connectivity index (χ1n) is 4.51. The molecule has 0 amide bonds. The zero-order valence-electron chi connectivity index (χ0n) is 8.15. The summed E-state index contributed by atoms with van der Waals surface area (Å²) < 4.78 is 28.0. The highest BCUT2D eigenvalue weighted by Crippen LogP contribution is 2.22. The maximum absolute atomic E-state index is 11.9. The fraction of sp³-hybridized carbons (Fsp3) is 0.100. The van der Waals surface area contributed by atoms with E-state index in [-0.39, 0.29) is 5.75 Å². The van der Waals surface area contributed by atoms with E-state index in [0.29, 0.717) is 11.5 Å². The SMILES string of the molecule is Nc1cc(-c2ccc(OC(F)F)cc2)n[nH]1. The number of halogens is 2. The van der Waals surface area contributed by atoms with Crippen LogP contribution in [-0.4, -0.2) is 16.8 Å². The Morgan fingerprint density at radius 1 is 1.25 bits per heavy atom. The Kier molecular flexibility index (Phi) is 2.72. The molecule has 1 aromatic carbocycles. The first-order chi connectivity index (χ1) is 7.65. The van der Waals surface area contributed by atoms with E-state index in [4.69, 9.17) is 5.73 Å². The Hall–Kier alpha value is -2.11. The number of ether oxygens (including phenoxy) is 1. The van der Waals surface area contributed by atoms with Crippen molar-refractivity contribution in [2.45, 2.75) is 6.61 Å². The van der Waals surface area contributed by atoms with Crippen LogP contribution < -0.4 is 10.5 Å². The van der Waals surface area contributed by atoms with E-state index in [2.05, 4.69) is 14.9 Å². The predicted octanol–water partition coefficient (Wildman–Crippen LogP) is 2.26. The summed E-state index contributed by atoms with van der Waals surface area (Å²) in [5.74, 6) is 0.560. The molecule has 1 aromatic heterocycles. The van der Waals surface area contributed by atoms with Crippen molar-refractivity contribution in [3.8, 4) is 17.0 Å². The lowest BCUT2D eigenvalue weighted by molar-refractivity contribution is -0.0498. The first kappa shape index (κ1) is 10.4. The summed E-state index contributed by atoms with van der Waals surface area (Å²) in [6.45, 7) is -2.81. The largest absolute Gasteiger partial charge is 0.435 e. The van der Waals surface area contributed by atoms with Crippen LogP contribution in [0.5, 0.6) is 5.75 Å². The molecule has 6 heteroatoms. The standard InChI is InChI=1S/C10H9F2N3O/c11-10(12)16-7-3-1-6(2-4-7)8-5-9(13)15-14-8/h1-5,10H,(H3,13,14,15). The van der Waals surface area contributed by atoms with Crippen LogP contribution in [0.3, 0.4) is 0 Å². The summed E-state index contributed by atoms with van der Waals surface area (Å²) in [5, 5.41) is 6.53. The van der Waals surface area contributed by atoms with Crippen molar-refractivity contribution in [2.75, 3.05) is 5.73 Å². The Morgan fingerprint density at radius 3 is 2.44 bits per heavy atom. The molecular formula is C10H9F2N3O. The van der Waals surface area contributed by atoms with Crippen molar-refractivity contribution in [2.24, 2.45) is 0 Å². The number of nitrogens with two attached hydrogens (primary N) is 1. The van der Waals surface area contributed by atoms with Crippen LogP contribution in [0.1, 0.15) is 0 Å². The topological polar surface area (TPSA) is 63.9 Å². The monoisotopic (exact) mass is 225 g/mol. The molecule has 0 aliphatic rings. The van der Waals surface area contributed by atoms with Crippen LogP contribution in [0.4, 0.5) is 14.6 Å². The van der Waals surface area contributed by atoms with Gasteiger partial charge in [0.1, 0.15) is 11.6 Å². The highest BCUT2D eigenvalue weighted by Gasteiger charge is 2.05. The molecule has 84 valence electrons. The van der Waals surface area contributed by atoms with Crippen molar-refractivity contribution < 1.29 is 13.5 Å². The third-order valence-electron chi connectivity index (χ3n) is 1.97. The van der Waals surface area contributed by atoms with E-state index in [0.717, 1.165) is 5.56 Å². The van der Waals surface area contributed by atoms with Gasteiger partial charge in [0.2, 0.25) is 0 Å². The second kappa shape index (κ2) is 4.18. The van der Waals surface area contributed by atoms with Crippen LogP contribution in [-0.2, 0) is 0 Å². The number of aromatic amines is 1. The lowest BCUT2D eigenvalue weighted by atomic mass is 10.1. The third-order valence-corrected chi connectivity index (χ3v) is 1.97. The number of hydrogen-bond donors (Lipinski definition) is 2. The Bertz CT molecular complexity index is 467. The Morgan fingerprint density at radius 2 is 1.94 bits per heavy atom. The minimum atomic E-state index is -2.81. The minimum absolute atomic E-state index is 0.113. The molecule has 0 saturated carbocycles. The van der Waals surface area contributed by atoms with Gasteiger partial charge in [-0.25, -0.2) is 0 Å². The number of hydrogen-bond acceptors (Lipinski definition) is 3. The molecule has 0 aliphatic carbocycles. The number of benzene rings is 1. The molecule has 1 heterocycles. The van der Waals surface area contributed by atoms with E-state index >= 15 is 0 Å². The summed E-state index contributed by atoms with van der Waals surface area (Å²) in [6, 6.07) is 7.82. The number of alkyl halides is 2. The van der Waals surface area contributed by atoms with Gasteiger partial charge in [-0.1, -0.05) is 0 Å². The van der Waals surface area contributed by atoms with Gasteiger partial charge >= 0.3 is 6.61 Å². The van der Waals surface area contributed by atoms with Crippen LogP contribution >= 0.6 is 0 Å². The highest BCUT2D eigenvalue weighted by molar-refractivity contribution is 5.62. The summed E-state index contributed by atoms with van der Waals surface area (Å²) in [5.41, 5.74) is 6.90. The van der Waals surface area contributed by atoms with Gasteiger partial charge in [0.05, 0.1) is 5.69 Å². The average Bonchev–Trinajstić information content (AvgIpc) is 2.65. The van der Waals surface area contributed by atoms with Gasteiger partial charge in [-0.05, 0) is 24.3 Å². The van der Waals surface area contributed by atoms with E-state index in [9.17, 15) is 8.78 Å². The Balaban J connectivity index is 2.19. The summed E-state index contributed by atoms with van der Waals surface area (Å²) in [7, 11) is 0.